The number of morpholine rings is 1. The summed E-state index contributed by atoms with van der Waals surface area (Å²) < 4.78 is 9.89. The second-order valence-electron chi connectivity index (χ2n) is 6.67. The Morgan fingerprint density at radius 1 is 1.38 bits per heavy atom. The molecule has 0 aromatic carbocycles. The average molecular weight is 397 g/mol. The van der Waals surface area contributed by atoms with Gasteiger partial charge in [0.05, 0.1) is 30.7 Å². The summed E-state index contributed by atoms with van der Waals surface area (Å²) in [6, 6.07) is 0. The Kier molecular flexibility index (Phi) is 5.49. The highest BCUT2D eigenvalue weighted by Gasteiger charge is 2.29. The number of halogens is 1. The third-order valence-corrected chi connectivity index (χ3v) is 5.98. The Morgan fingerprint density at radius 3 is 3.00 bits per heavy atom. The average Bonchev–Trinajstić information content (AvgIpc) is 3.32. The summed E-state index contributed by atoms with van der Waals surface area (Å²) >= 11 is 7.35. The number of likely N-dealkylation sites (tertiary alicyclic amines) is 1. The molecule has 2 saturated heterocycles. The van der Waals surface area contributed by atoms with Crippen molar-refractivity contribution in [3.63, 3.8) is 0 Å². The molecular weight excluding hydrogens is 376 g/mol. The first-order chi connectivity index (χ1) is 12.7. The van der Waals surface area contributed by atoms with E-state index in [1.165, 1.54) is 11.5 Å². The Morgan fingerprint density at radius 2 is 2.23 bits per heavy atom. The van der Waals surface area contributed by atoms with Crippen molar-refractivity contribution in [1.29, 1.82) is 0 Å². The van der Waals surface area contributed by atoms with E-state index in [1.807, 2.05) is 4.90 Å². The molecule has 1 N–H and O–H groups in total. The molecule has 26 heavy (non-hydrogen) atoms. The van der Waals surface area contributed by atoms with Gasteiger partial charge in [-0.2, -0.15) is 5.10 Å². The van der Waals surface area contributed by atoms with Crippen LogP contribution < -0.4 is 0 Å². The topological polar surface area (TPSA) is 87.2 Å². The molecular formula is C16H21ClN6O2S. The van der Waals surface area contributed by atoms with Crippen LogP contribution in [0.25, 0.3) is 0 Å². The SMILES string of the molecule is O=C(c1cn[nH]c1[C@@H]1CCCN(Cc2nnsc2Cl)C1)N1CCOCC1. The monoisotopic (exact) mass is 396 g/mol. The van der Waals surface area contributed by atoms with Gasteiger partial charge in [0.1, 0.15) is 10.0 Å². The molecule has 2 aliphatic rings. The van der Waals surface area contributed by atoms with E-state index < -0.39 is 0 Å². The van der Waals surface area contributed by atoms with Gasteiger partial charge in [0, 0.05) is 43.6 Å². The maximum atomic E-state index is 12.9. The van der Waals surface area contributed by atoms with E-state index in [2.05, 4.69) is 24.7 Å². The number of carbonyl (C=O) groups excluding carboxylic acids is 1. The number of nitrogens with zero attached hydrogens (tertiary/aromatic N) is 5. The van der Waals surface area contributed by atoms with Crippen molar-refractivity contribution in [2.24, 2.45) is 0 Å². The van der Waals surface area contributed by atoms with Crippen molar-refractivity contribution in [2.75, 3.05) is 39.4 Å². The van der Waals surface area contributed by atoms with Crippen molar-refractivity contribution >= 4 is 29.0 Å². The highest BCUT2D eigenvalue weighted by molar-refractivity contribution is 7.10. The number of hydrogen-bond acceptors (Lipinski definition) is 7. The van der Waals surface area contributed by atoms with Crippen molar-refractivity contribution in [3.8, 4) is 0 Å². The summed E-state index contributed by atoms with van der Waals surface area (Å²) in [5.41, 5.74) is 2.45. The van der Waals surface area contributed by atoms with Crippen LogP contribution in [0.5, 0.6) is 0 Å². The highest BCUT2D eigenvalue weighted by atomic mass is 35.5. The first kappa shape index (κ1) is 17.8. The van der Waals surface area contributed by atoms with E-state index in [0.717, 1.165) is 37.3 Å². The quantitative estimate of drug-likeness (QED) is 0.847. The lowest BCUT2D eigenvalue weighted by molar-refractivity contribution is 0.0301. The van der Waals surface area contributed by atoms with E-state index in [0.29, 0.717) is 42.7 Å². The van der Waals surface area contributed by atoms with Crippen LogP contribution in [-0.2, 0) is 11.3 Å². The van der Waals surface area contributed by atoms with Crippen LogP contribution in [-0.4, -0.2) is 74.9 Å². The van der Waals surface area contributed by atoms with Crippen molar-refractivity contribution in [2.45, 2.75) is 25.3 Å². The molecule has 2 aliphatic heterocycles. The van der Waals surface area contributed by atoms with Gasteiger partial charge in [-0.1, -0.05) is 16.1 Å². The molecule has 0 aliphatic carbocycles. The minimum atomic E-state index is 0.0425. The lowest BCUT2D eigenvalue weighted by Crippen LogP contribution is -2.41. The van der Waals surface area contributed by atoms with Crippen LogP contribution in [0.15, 0.2) is 6.20 Å². The molecule has 0 unspecified atom stereocenters. The molecule has 0 radical (unpaired) electrons. The van der Waals surface area contributed by atoms with Gasteiger partial charge in [0.25, 0.3) is 5.91 Å². The zero-order valence-electron chi connectivity index (χ0n) is 14.4. The predicted octanol–water partition coefficient (Wildman–Crippen LogP) is 1.77. The Labute approximate surface area is 160 Å². The summed E-state index contributed by atoms with van der Waals surface area (Å²) in [5.74, 6) is 0.289. The van der Waals surface area contributed by atoms with Gasteiger partial charge in [-0.3, -0.25) is 14.8 Å². The summed E-state index contributed by atoms with van der Waals surface area (Å²) in [4.78, 5) is 17.0. The van der Waals surface area contributed by atoms with Crippen LogP contribution in [0.2, 0.25) is 4.34 Å². The van der Waals surface area contributed by atoms with E-state index in [9.17, 15) is 4.79 Å². The van der Waals surface area contributed by atoms with Gasteiger partial charge in [0.2, 0.25) is 0 Å². The number of ether oxygens (including phenoxy) is 1. The van der Waals surface area contributed by atoms with Crippen LogP contribution in [0.3, 0.4) is 0 Å². The minimum Gasteiger partial charge on any atom is -0.378 e. The second kappa shape index (κ2) is 7.99. The number of aromatic amines is 1. The lowest BCUT2D eigenvalue weighted by Gasteiger charge is -2.32. The molecule has 4 rings (SSSR count). The Hall–Kier alpha value is -1.55. The highest BCUT2D eigenvalue weighted by Crippen LogP contribution is 2.30. The summed E-state index contributed by atoms with van der Waals surface area (Å²) in [6.07, 6.45) is 3.75. The molecule has 0 bridgehead atoms. The fraction of sp³-hybridized carbons (Fsp3) is 0.625. The third kappa shape index (κ3) is 3.75. The molecule has 4 heterocycles. The molecule has 0 spiro atoms. The molecule has 2 aromatic rings. The summed E-state index contributed by atoms with van der Waals surface area (Å²) in [6.45, 7) is 4.99. The molecule has 8 nitrogen and oxygen atoms in total. The van der Waals surface area contributed by atoms with E-state index in [4.69, 9.17) is 16.3 Å². The normalized spacial score (nSPS) is 21.9. The standard InChI is InChI=1S/C16H21ClN6O2S/c17-15-13(19-21-26-15)10-22-3-1-2-11(9-22)14-12(8-18-20-14)16(24)23-4-6-25-7-5-23/h8,11H,1-7,9-10H2,(H,18,20)/t11-/m1/s1. The Bertz CT molecular complexity index is 760. The van der Waals surface area contributed by atoms with Crippen LogP contribution in [0, 0.1) is 0 Å². The molecule has 2 aromatic heterocycles. The smallest absolute Gasteiger partial charge is 0.257 e. The van der Waals surface area contributed by atoms with Gasteiger partial charge in [-0.05, 0) is 19.4 Å². The van der Waals surface area contributed by atoms with Crippen LogP contribution in [0.4, 0.5) is 0 Å². The van der Waals surface area contributed by atoms with Gasteiger partial charge < -0.3 is 9.64 Å². The molecule has 1 atom stereocenters. The number of amides is 1. The largest absolute Gasteiger partial charge is 0.378 e. The molecule has 1 amide bonds. The van der Waals surface area contributed by atoms with Gasteiger partial charge in [-0.15, -0.1) is 5.10 Å². The molecule has 140 valence electrons. The second-order valence-corrected chi connectivity index (χ2v) is 8.03. The maximum Gasteiger partial charge on any atom is 0.257 e. The predicted molar refractivity (Wildman–Crippen MR) is 97.5 cm³/mol. The van der Waals surface area contributed by atoms with Gasteiger partial charge >= 0.3 is 0 Å². The van der Waals surface area contributed by atoms with Gasteiger partial charge in [0.15, 0.2) is 0 Å². The lowest BCUT2D eigenvalue weighted by atomic mass is 9.92. The molecule has 0 saturated carbocycles. The summed E-state index contributed by atoms with van der Waals surface area (Å²) in [7, 11) is 0. The van der Waals surface area contributed by atoms with Crippen LogP contribution in [0.1, 0.15) is 40.5 Å². The number of carbonyl (C=O) groups is 1. The van der Waals surface area contributed by atoms with E-state index in [-0.39, 0.29) is 11.8 Å². The van der Waals surface area contributed by atoms with Crippen LogP contribution >= 0.6 is 23.1 Å². The minimum absolute atomic E-state index is 0.0425. The van der Waals surface area contributed by atoms with E-state index >= 15 is 0 Å². The summed E-state index contributed by atoms with van der Waals surface area (Å²) in [5, 5.41) is 11.3. The van der Waals surface area contributed by atoms with E-state index in [1.54, 1.807) is 6.20 Å². The number of nitrogens with one attached hydrogen (secondary N) is 1. The van der Waals surface area contributed by atoms with Crippen molar-refractivity contribution in [1.82, 2.24) is 29.6 Å². The first-order valence-corrected chi connectivity index (χ1v) is 9.97. The number of hydrogen-bond donors (Lipinski definition) is 1. The third-order valence-electron chi connectivity index (χ3n) is 4.99. The fourth-order valence-electron chi connectivity index (χ4n) is 3.65. The number of piperidine rings is 1. The molecule has 10 heteroatoms. The molecule has 2 fully saturated rings. The van der Waals surface area contributed by atoms with Crippen molar-refractivity contribution in [3.05, 3.63) is 27.5 Å². The first-order valence-electron chi connectivity index (χ1n) is 8.81. The number of rotatable bonds is 4. The zero-order chi connectivity index (χ0) is 17.9. The van der Waals surface area contributed by atoms with Crippen molar-refractivity contribution < 1.29 is 9.53 Å². The fourth-order valence-corrected chi connectivity index (χ4v) is 4.26. The number of aromatic nitrogens is 4. The van der Waals surface area contributed by atoms with Gasteiger partial charge in [-0.25, -0.2) is 0 Å². The Balaban J connectivity index is 1.46. The maximum absolute atomic E-state index is 12.9. The number of H-pyrrole nitrogens is 1. The zero-order valence-corrected chi connectivity index (χ0v) is 15.9.